The molecule has 0 aliphatic heterocycles. The van der Waals surface area contributed by atoms with Gasteiger partial charge in [-0.15, -0.1) is 0 Å². The van der Waals surface area contributed by atoms with Crippen LogP contribution in [0.1, 0.15) is 11.1 Å². The average Bonchev–Trinajstić information content (AvgIpc) is 1.96. The Morgan fingerprint density at radius 1 is 1.64 bits per heavy atom. The summed E-state index contributed by atoms with van der Waals surface area (Å²) < 4.78 is 1.60. The summed E-state index contributed by atoms with van der Waals surface area (Å²) in [6, 6.07) is 1.90. The Morgan fingerprint density at radius 2 is 2.27 bits per heavy atom. The molecule has 0 aliphatic rings. The minimum absolute atomic E-state index is 0.0764. The normalized spacial score (nSPS) is 10.1. The Hall–Kier alpha value is -0.570. The third-order valence-electron chi connectivity index (χ3n) is 1.54. The van der Waals surface area contributed by atoms with Crippen LogP contribution in [0.15, 0.2) is 17.1 Å². The van der Waals surface area contributed by atoms with E-state index in [0.717, 1.165) is 11.1 Å². The highest BCUT2D eigenvalue weighted by molar-refractivity contribution is 9.08. The molecule has 1 heterocycles. The van der Waals surface area contributed by atoms with Crippen LogP contribution in [-0.4, -0.2) is 4.57 Å². The number of rotatable bonds is 1. The van der Waals surface area contributed by atoms with Gasteiger partial charge < -0.3 is 4.57 Å². The SMILES string of the molecule is Cc1cc(CBr)c(=O)n(C)c1. The van der Waals surface area contributed by atoms with E-state index < -0.39 is 0 Å². The first-order chi connectivity index (χ1) is 5.15. The first kappa shape index (κ1) is 8.53. The number of aryl methyl sites for hydroxylation is 2. The third kappa shape index (κ3) is 1.71. The number of pyridine rings is 1. The van der Waals surface area contributed by atoms with Crippen molar-refractivity contribution in [1.29, 1.82) is 0 Å². The first-order valence-corrected chi connectivity index (χ1v) is 4.49. The predicted molar refractivity (Wildman–Crippen MR) is 49.1 cm³/mol. The van der Waals surface area contributed by atoms with Gasteiger partial charge in [0.25, 0.3) is 5.56 Å². The van der Waals surface area contributed by atoms with Crippen molar-refractivity contribution in [2.45, 2.75) is 12.3 Å². The van der Waals surface area contributed by atoms with Crippen LogP contribution in [0.3, 0.4) is 0 Å². The van der Waals surface area contributed by atoms with Crippen molar-refractivity contribution in [1.82, 2.24) is 4.57 Å². The third-order valence-corrected chi connectivity index (χ3v) is 2.14. The van der Waals surface area contributed by atoms with E-state index in [-0.39, 0.29) is 5.56 Å². The Balaban J connectivity index is 3.37. The van der Waals surface area contributed by atoms with E-state index in [1.165, 1.54) is 0 Å². The van der Waals surface area contributed by atoms with E-state index in [1.54, 1.807) is 11.6 Å². The molecule has 0 radical (unpaired) electrons. The molecule has 3 heteroatoms. The molecule has 0 saturated heterocycles. The second kappa shape index (κ2) is 3.22. The lowest BCUT2D eigenvalue weighted by Crippen LogP contribution is -2.19. The van der Waals surface area contributed by atoms with E-state index in [2.05, 4.69) is 15.9 Å². The van der Waals surface area contributed by atoms with E-state index in [4.69, 9.17) is 0 Å². The molecule has 0 spiro atoms. The molecule has 0 saturated carbocycles. The summed E-state index contributed by atoms with van der Waals surface area (Å²) in [5.74, 6) is 0. The van der Waals surface area contributed by atoms with Gasteiger partial charge in [-0.05, 0) is 18.6 Å². The summed E-state index contributed by atoms with van der Waals surface area (Å²) in [5, 5.41) is 0.626. The molecule has 0 aliphatic carbocycles. The quantitative estimate of drug-likeness (QED) is 0.653. The minimum Gasteiger partial charge on any atom is -0.318 e. The second-order valence-corrected chi connectivity index (χ2v) is 3.15. The van der Waals surface area contributed by atoms with Crippen LogP contribution in [0, 0.1) is 6.92 Å². The van der Waals surface area contributed by atoms with Crippen LogP contribution in [0.5, 0.6) is 0 Å². The standard InChI is InChI=1S/C8H10BrNO/c1-6-3-7(4-9)8(11)10(2)5-6/h3,5H,4H2,1-2H3. The van der Waals surface area contributed by atoms with Crippen molar-refractivity contribution in [2.75, 3.05) is 0 Å². The predicted octanol–water partition coefficient (Wildman–Crippen LogP) is 1.59. The lowest BCUT2D eigenvalue weighted by Gasteiger charge is -2.01. The Labute approximate surface area is 74.0 Å². The van der Waals surface area contributed by atoms with Crippen molar-refractivity contribution in [3.8, 4) is 0 Å². The van der Waals surface area contributed by atoms with Gasteiger partial charge in [-0.1, -0.05) is 15.9 Å². The highest BCUT2D eigenvalue weighted by Gasteiger charge is 1.99. The number of halogens is 1. The smallest absolute Gasteiger partial charge is 0.254 e. The molecule has 0 amide bonds. The first-order valence-electron chi connectivity index (χ1n) is 3.37. The molecule has 0 bridgehead atoms. The molecule has 1 rings (SSSR count). The van der Waals surface area contributed by atoms with Crippen LogP contribution < -0.4 is 5.56 Å². The van der Waals surface area contributed by atoms with Crippen molar-refractivity contribution >= 4 is 15.9 Å². The number of aromatic nitrogens is 1. The molecule has 0 aromatic carbocycles. The summed E-state index contributed by atoms with van der Waals surface area (Å²) >= 11 is 3.26. The molecule has 0 atom stereocenters. The maximum Gasteiger partial charge on any atom is 0.254 e. The fourth-order valence-electron chi connectivity index (χ4n) is 1.06. The van der Waals surface area contributed by atoms with E-state index >= 15 is 0 Å². The monoisotopic (exact) mass is 215 g/mol. The van der Waals surface area contributed by atoms with Gasteiger partial charge in [0.1, 0.15) is 0 Å². The molecular formula is C8H10BrNO. The van der Waals surface area contributed by atoms with Gasteiger partial charge in [-0.3, -0.25) is 4.79 Å². The molecular weight excluding hydrogens is 206 g/mol. The topological polar surface area (TPSA) is 22.0 Å². The van der Waals surface area contributed by atoms with Crippen molar-refractivity contribution in [2.24, 2.45) is 7.05 Å². The summed E-state index contributed by atoms with van der Waals surface area (Å²) in [6.45, 7) is 1.98. The van der Waals surface area contributed by atoms with Gasteiger partial charge in [0, 0.05) is 24.1 Å². The summed E-state index contributed by atoms with van der Waals surface area (Å²) in [7, 11) is 1.77. The van der Waals surface area contributed by atoms with E-state index in [1.807, 2.05) is 19.2 Å². The van der Waals surface area contributed by atoms with Crippen molar-refractivity contribution in [3.63, 3.8) is 0 Å². The second-order valence-electron chi connectivity index (χ2n) is 2.59. The van der Waals surface area contributed by atoms with Gasteiger partial charge in [0.2, 0.25) is 0 Å². The Morgan fingerprint density at radius 3 is 2.82 bits per heavy atom. The van der Waals surface area contributed by atoms with E-state index in [0.29, 0.717) is 5.33 Å². The van der Waals surface area contributed by atoms with Gasteiger partial charge in [0.15, 0.2) is 0 Å². The molecule has 1 aromatic heterocycles. The fourth-order valence-corrected chi connectivity index (χ4v) is 1.46. The summed E-state index contributed by atoms with van der Waals surface area (Å²) in [4.78, 5) is 11.3. The lowest BCUT2D eigenvalue weighted by atomic mass is 10.2. The lowest BCUT2D eigenvalue weighted by molar-refractivity contribution is 0.839. The van der Waals surface area contributed by atoms with E-state index in [9.17, 15) is 4.79 Å². The highest BCUT2D eigenvalue weighted by atomic mass is 79.9. The fraction of sp³-hybridized carbons (Fsp3) is 0.375. The molecule has 60 valence electrons. The van der Waals surface area contributed by atoms with Crippen LogP contribution in [0.4, 0.5) is 0 Å². The van der Waals surface area contributed by atoms with Crippen LogP contribution in [-0.2, 0) is 12.4 Å². The van der Waals surface area contributed by atoms with Gasteiger partial charge in [-0.2, -0.15) is 0 Å². The Kier molecular flexibility index (Phi) is 2.49. The average molecular weight is 216 g/mol. The number of hydrogen-bond acceptors (Lipinski definition) is 1. The molecule has 11 heavy (non-hydrogen) atoms. The Bertz CT molecular complexity index is 316. The molecule has 1 aromatic rings. The maximum absolute atomic E-state index is 11.3. The molecule has 0 unspecified atom stereocenters. The van der Waals surface area contributed by atoms with Gasteiger partial charge in [0.05, 0.1) is 0 Å². The molecule has 0 fully saturated rings. The molecule has 0 N–H and O–H groups in total. The van der Waals surface area contributed by atoms with Gasteiger partial charge >= 0.3 is 0 Å². The number of alkyl halides is 1. The van der Waals surface area contributed by atoms with Crippen molar-refractivity contribution < 1.29 is 0 Å². The largest absolute Gasteiger partial charge is 0.318 e. The van der Waals surface area contributed by atoms with Crippen LogP contribution in [0.25, 0.3) is 0 Å². The zero-order chi connectivity index (χ0) is 8.43. The van der Waals surface area contributed by atoms with Crippen LogP contribution >= 0.6 is 15.9 Å². The highest BCUT2D eigenvalue weighted by Crippen LogP contribution is 2.01. The van der Waals surface area contributed by atoms with Crippen molar-refractivity contribution in [3.05, 3.63) is 33.7 Å². The maximum atomic E-state index is 11.3. The summed E-state index contributed by atoms with van der Waals surface area (Å²) in [6.07, 6.45) is 1.83. The number of hydrogen-bond donors (Lipinski definition) is 0. The molecule has 2 nitrogen and oxygen atoms in total. The minimum atomic E-state index is 0.0764. The zero-order valence-corrected chi connectivity index (χ0v) is 8.18. The zero-order valence-electron chi connectivity index (χ0n) is 6.60. The number of nitrogens with zero attached hydrogens (tertiary/aromatic N) is 1. The van der Waals surface area contributed by atoms with Crippen LogP contribution in [0.2, 0.25) is 0 Å². The van der Waals surface area contributed by atoms with Gasteiger partial charge in [-0.25, -0.2) is 0 Å². The summed E-state index contributed by atoms with van der Waals surface area (Å²) in [5.41, 5.74) is 2.00.